The summed E-state index contributed by atoms with van der Waals surface area (Å²) in [6.45, 7) is 4.24. The van der Waals surface area contributed by atoms with Gasteiger partial charge in [0.1, 0.15) is 0 Å². The predicted octanol–water partition coefficient (Wildman–Crippen LogP) is 1.32. The number of hydrogen-bond donors (Lipinski definition) is 0. The molecule has 0 aliphatic carbocycles. The van der Waals surface area contributed by atoms with Gasteiger partial charge in [-0.2, -0.15) is 8.42 Å². The number of aryl methyl sites for hydroxylation is 1. The Bertz CT molecular complexity index is 565. The Kier molecular flexibility index (Phi) is 3.91. The van der Waals surface area contributed by atoms with E-state index in [1.807, 2.05) is 6.92 Å². The van der Waals surface area contributed by atoms with Gasteiger partial charge in [0.25, 0.3) is 10.1 Å². The fraction of sp³-hybridized carbons (Fsp3) is 0.462. The van der Waals surface area contributed by atoms with Crippen molar-refractivity contribution in [2.45, 2.75) is 31.3 Å². The Hall–Kier alpha value is -1.40. The van der Waals surface area contributed by atoms with Crippen molar-refractivity contribution in [2.24, 2.45) is 0 Å². The number of hydrogen-bond acceptors (Lipinski definition) is 4. The van der Waals surface area contributed by atoms with E-state index in [-0.39, 0.29) is 10.8 Å². The minimum Gasteiger partial charge on any atom is -0.340 e. The van der Waals surface area contributed by atoms with Crippen LogP contribution in [-0.4, -0.2) is 38.4 Å². The number of rotatable bonds is 3. The molecule has 1 aliphatic rings. The number of carbonyl (C=O) groups excluding carboxylic acids is 1. The molecule has 0 spiro atoms. The molecule has 1 aromatic carbocycles. The Morgan fingerprint density at radius 2 is 1.95 bits per heavy atom. The van der Waals surface area contributed by atoms with E-state index in [0.29, 0.717) is 19.5 Å². The number of likely N-dealkylation sites (tertiary alicyclic amines) is 1. The Labute approximate surface area is 113 Å². The second-order valence-electron chi connectivity index (χ2n) is 4.74. The summed E-state index contributed by atoms with van der Waals surface area (Å²) < 4.78 is 29.3. The molecule has 1 aliphatic heterocycles. The Morgan fingerprint density at radius 3 is 2.47 bits per heavy atom. The summed E-state index contributed by atoms with van der Waals surface area (Å²) >= 11 is 0. The minimum absolute atomic E-state index is 0.0566. The summed E-state index contributed by atoms with van der Waals surface area (Å²) in [6, 6.07) is 6.52. The van der Waals surface area contributed by atoms with Crippen molar-refractivity contribution < 1.29 is 17.4 Å². The zero-order chi connectivity index (χ0) is 14.0. The molecule has 19 heavy (non-hydrogen) atoms. The summed E-state index contributed by atoms with van der Waals surface area (Å²) in [7, 11) is -3.75. The van der Waals surface area contributed by atoms with Crippen LogP contribution in [0.2, 0.25) is 0 Å². The molecule has 1 aromatic rings. The summed E-state index contributed by atoms with van der Waals surface area (Å²) in [6.07, 6.45) is 0.0974. The molecule has 0 radical (unpaired) electrons. The van der Waals surface area contributed by atoms with Gasteiger partial charge in [0.05, 0.1) is 11.0 Å². The number of amides is 1. The fourth-order valence-electron chi connectivity index (χ4n) is 2.03. The molecule has 1 heterocycles. The smallest absolute Gasteiger partial charge is 0.297 e. The Balaban J connectivity index is 2.06. The van der Waals surface area contributed by atoms with Crippen LogP contribution in [0.5, 0.6) is 0 Å². The molecule has 0 bridgehead atoms. The first-order valence-corrected chi connectivity index (χ1v) is 7.55. The zero-order valence-electron chi connectivity index (χ0n) is 11.0. The zero-order valence-corrected chi connectivity index (χ0v) is 11.8. The molecule has 6 heteroatoms. The van der Waals surface area contributed by atoms with Crippen molar-refractivity contribution in [1.29, 1.82) is 0 Å². The molecule has 1 unspecified atom stereocenters. The monoisotopic (exact) mass is 283 g/mol. The van der Waals surface area contributed by atoms with Crippen LogP contribution in [0.15, 0.2) is 29.2 Å². The van der Waals surface area contributed by atoms with E-state index in [1.165, 1.54) is 19.1 Å². The van der Waals surface area contributed by atoms with Gasteiger partial charge in [-0.05, 0) is 25.5 Å². The quantitative estimate of drug-likeness (QED) is 0.785. The lowest BCUT2D eigenvalue weighted by molar-refractivity contribution is -0.128. The van der Waals surface area contributed by atoms with Gasteiger partial charge in [-0.1, -0.05) is 17.7 Å². The maximum Gasteiger partial charge on any atom is 0.297 e. The van der Waals surface area contributed by atoms with Gasteiger partial charge < -0.3 is 4.90 Å². The molecule has 0 N–H and O–H groups in total. The van der Waals surface area contributed by atoms with Crippen molar-refractivity contribution in [3.05, 3.63) is 29.8 Å². The molecule has 5 nitrogen and oxygen atoms in total. The number of benzene rings is 1. The SMILES string of the molecule is CC(=O)N1CCC(OS(=O)(=O)c2ccc(C)cc2)C1. The van der Waals surface area contributed by atoms with Crippen molar-refractivity contribution in [3.8, 4) is 0 Å². The van der Waals surface area contributed by atoms with Gasteiger partial charge in [-0.15, -0.1) is 0 Å². The van der Waals surface area contributed by atoms with E-state index in [2.05, 4.69) is 0 Å². The van der Waals surface area contributed by atoms with Gasteiger partial charge in [0, 0.05) is 20.0 Å². The molecule has 1 saturated heterocycles. The largest absolute Gasteiger partial charge is 0.340 e. The highest BCUT2D eigenvalue weighted by Crippen LogP contribution is 2.20. The summed E-state index contributed by atoms with van der Waals surface area (Å²) in [5.41, 5.74) is 0.988. The first-order valence-electron chi connectivity index (χ1n) is 6.14. The lowest BCUT2D eigenvalue weighted by atomic mass is 10.2. The van der Waals surface area contributed by atoms with Gasteiger partial charge in [0.15, 0.2) is 0 Å². The second-order valence-corrected chi connectivity index (χ2v) is 6.31. The molecule has 2 rings (SSSR count). The molecular formula is C13H17NO4S. The molecular weight excluding hydrogens is 266 g/mol. The second kappa shape index (κ2) is 5.30. The minimum atomic E-state index is -3.75. The maximum absolute atomic E-state index is 12.1. The average molecular weight is 283 g/mol. The van der Waals surface area contributed by atoms with Crippen LogP contribution >= 0.6 is 0 Å². The number of nitrogens with zero attached hydrogens (tertiary/aromatic N) is 1. The van der Waals surface area contributed by atoms with E-state index in [0.717, 1.165) is 5.56 Å². The normalized spacial score (nSPS) is 19.7. The Morgan fingerprint density at radius 1 is 1.32 bits per heavy atom. The molecule has 0 saturated carbocycles. The third-order valence-corrected chi connectivity index (χ3v) is 4.54. The maximum atomic E-state index is 12.1. The fourth-order valence-corrected chi connectivity index (χ4v) is 3.13. The van der Waals surface area contributed by atoms with Crippen LogP contribution in [0.3, 0.4) is 0 Å². The van der Waals surface area contributed by atoms with Crippen LogP contribution < -0.4 is 0 Å². The molecule has 1 atom stereocenters. The summed E-state index contributed by atoms with van der Waals surface area (Å²) in [5, 5.41) is 0. The first kappa shape index (κ1) is 14.0. The molecule has 0 aromatic heterocycles. The number of carbonyl (C=O) groups is 1. The van der Waals surface area contributed by atoms with E-state index in [1.54, 1.807) is 17.0 Å². The average Bonchev–Trinajstić information content (AvgIpc) is 2.77. The van der Waals surface area contributed by atoms with Crippen molar-refractivity contribution in [3.63, 3.8) is 0 Å². The van der Waals surface area contributed by atoms with Crippen LogP contribution in [0.4, 0.5) is 0 Å². The van der Waals surface area contributed by atoms with Gasteiger partial charge >= 0.3 is 0 Å². The topological polar surface area (TPSA) is 63.7 Å². The summed E-state index contributed by atoms with van der Waals surface area (Å²) in [4.78, 5) is 12.9. The van der Waals surface area contributed by atoms with Crippen molar-refractivity contribution in [1.82, 2.24) is 4.90 Å². The lowest BCUT2D eigenvalue weighted by Gasteiger charge is -2.14. The standard InChI is InChI=1S/C13H17NO4S/c1-10-3-5-13(6-4-10)19(16,17)18-12-7-8-14(9-12)11(2)15/h3-6,12H,7-9H2,1-2H3. The van der Waals surface area contributed by atoms with E-state index in [4.69, 9.17) is 4.18 Å². The van der Waals surface area contributed by atoms with Crippen LogP contribution in [0, 0.1) is 6.92 Å². The van der Waals surface area contributed by atoms with Crippen LogP contribution in [-0.2, 0) is 19.1 Å². The van der Waals surface area contributed by atoms with Crippen LogP contribution in [0.1, 0.15) is 18.9 Å². The van der Waals surface area contributed by atoms with Gasteiger partial charge in [0.2, 0.25) is 5.91 Å². The van der Waals surface area contributed by atoms with E-state index in [9.17, 15) is 13.2 Å². The highest BCUT2D eigenvalue weighted by molar-refractivity contribution is 7.86. The van der Waals surface area contributed by atoms with Gasteiger partial charge in [-0.3, -0.25) is 8.98 Å². The highest BCUT2D eigenvalue weighted by Gasteiger charge is 2.29. The molecule has 104 valence electrons. The van der Waals surface area contributed by atoms with E-state index >= 15 is 0 Å². The molecule has 1 amide bonds. The molecule has 1 fully saturated rings. The predicted molar refractivity (Wildman–Crippen MR) is 70.1 cm³/mol. The summed E-state index contributed by atoms with van der Waals surface area (Å²) in [5.74, 6) is -0.0566. The van der Waals surface area contributed by atoms with Crippen molar-refractivity contribution >= 4 is 16.0 Å². The van der Waals surface area contributed by atoms with Crippen molar-refractivity contribution in [2.75, 3.05) is 13.1 Å². The first-order chi connectivity index (χ1) is 8.88. The third kappa shape index (κ3) is 3.33. The lowest BCUT2D eigenvalue weighted by Crippen LogP contribution is -2.28. The highest BCUT2D eigenvalue weighted by atomic mass is 32.2. The van der Waals surface area contributed by atoms with Crippen LogP contribution in [0.25, 0.3) is 0 Å². The van der Waals surface area contributed by atoms with E-state index < -0.39 is 16.2 Å². The van der Waals surface area contributed by atoms with Gasteiger partial charge in [-0.25, -0.2) is 0 Å². The third-order valence-electron chi connectivity index (χ3n) is 3.16.